The van der Waals surface area contributed by atoms with Crippen LogP contribution < -0.4 is 0 Å². The molecule has 15 heavy (non-hydrogen) atoms. The largest absolute Gasteiger partial charge is 0.392 e. The van der Waals surface area contributed by atoms with Crippen molar-refractivity contribution in [1.29, 1.82) is 0 Å². The number of allylic oxidation sites excluding steroid dienone is 1. The van der Waals surface area contributed by atoms with Crippen LogP contribution in [-0.4, -0.2) is 22.9 Å². The fourth-order valence-corrected chi connectivity index (χ4v) is 2.21. The molecule has 86 valence electrons. The number of aliphatic hydroxyl groups excluding tert-OH is 1. The van der Waals surface area contributed by atoms with E-state index in [0.29, 0.717) is 12.3 Å². The van der Waals surface area contributed by atoms with Crippen molar-refractivity contribution < 1.29 is 9.90 Å². The van der Waals surface area contributed by atoms with Crippen molar-refractivity contribution in [3.8, 4) is 0 Å². The molecule has 1 aliphatic rings. The van der Waals surface area contributed by atoms with Crippen molar-refractivity contribution in [1.82, 2.24) is 0 Å². The highest BCUT2D eigenvalue weighted by Gasteiger charge is 2.29. The van der Waals surface area contributed by atoms with Crippen LogP contribution in [0.2, 0.25) is 0 Å². The van der Waals surface area contributed by atoms with Crippen LogP contribution in [0.3, 0.4) is 0 Å². The summed E-state index contributed by atoms with van der Waals surface area (Å²) in [7, 11) is 0. The van der Waals surface area contributed by atoms with Gasteiger partial charge in [-0.25, -0.2) is 0 Å². The molecule has 0 aromatic rings. The Kier molecular flexibility index (Phi) is 5.34. The van der Waals surface area contributed by atoms with Crippen LogP contribution >= 0.6 is 11.6 Å². The van der Waals surface area contributed by atoms with E-state index in [2.05, 4.69) is 6.58 Å². The van der Waals surface area contributed by atoms with Crippen molar-refractivity contribution in [2.75, 3.05) is 5.88 Å². The van der Waals surface area contributed by atoms with Crippen molar-refractivity contribution in [2.45, 2.75) is 44.6 Å². The van der Waals surface area contributed by atoms with Gasteiger partial charge in [0, 0.05) is 18.2 Å². The summed E-state index contributed by atoms with van der Waals surface area (Å²) in [6.45, 7) is 3.81. The summed E-state index contributed by atoms with van der Waals surface area (Å²) >= 11 is 5.61. The van der Waals surface area contributed by atoms with Gasteiger partial charge in [0.15, 0.2) is 0 Å². The van der Waals surface area contributed by atoms with Gasteiger partial charge in [-0.3, -0.25) is 4.79 Å². The molecular formula is C12H19ClO2. The van der Waals surface area contributed by atoms with Crippen LogP contribution in [0.1, 0.15) is 38.5 Å². The zero-order valence-corrected chi connectivity index (χ0v) is 9.80. The third-order valence-corrected chi connectivity index (χ3v) is 3.41. The zero-order chi connectivity index (χ0) is 11.3. The summed E-state index contributed by atoms with van der Waals surface area (Å²) in [4.78, 5) is 11.5. The number of ketones is 1. The first-order valence-corrected chi connectivity index (χ1v) is 6.12. The van der Waals surface area contributed by atoms with Crippen molar-refractivity contribution in [2.24, 2.45) is 5.92 Å². The van der Waals surface area contributed by atoms with E-state index < -0.39 is 6.10 Å². The van der Waals surface area contributed by atoms with Gasteiger partial charge in [0.05, 0.1) is 6.10 Å². The summed E-state index contributed by atoms with van der Waals surface area (Å²) in [5, 5.41) is 9.69. The molecule has 0 saturated heterocycles. The highest BCUT2D eigenvalue weighted by atomic mass is 35.5. The molecule has 2 nitrogen and oxygen atoms in total. The van der Waals surface area contributed by atoms with Gasteiger partial charge in [-0.05, 0) is 32.1 Å². The number of hydrogen-bond acceptors (Lipinski definition) is 2. The number of halogens is 1. The Morgan fingerprint density at radius 1 is 1.60 bits per heavy atom. The Bertz CT molecular complexity index is 238. The van der Waals surface area contributed by atoms with Gasteiger partial charge in [0.25, 0.3) is 0 Å². The molecule has 2 atom stereocenters. The minimum absolute atomic E-state index is 0.137. The summed E-state index contributed by atoms with van der Waals surface area (Å²) in [5.74, 6) is 0.577. The quantitative estimate of drug-likeness (QED) is 0.583. The van der Waals surface area contributed by atoms with Crippen LogP contribution in [0.15, 0.2) is 12.2 Å². The number of alkyl halides is 1. The van der Waals surface area contributed by atoms with E-state index in [1.54, 1.807) is 0 Å². The van der Waals surface area contributed by atoms with Gasteiger partial charge in [-0.1, -0.05) is 12.2 Å². The Labute approximate surface area is 96.3 Å². The third kappa shape index (κ3) is 3.96. The predicted molar refractivity (Wildman–Crippen MR) is 62.1 cm³/mol. The molecule has 0 spiro atoms. The number of aliphatic hydroxyl groups is 1. The number of carbonyl (C=O) groups excluding carboxylic acids is 1. The topological polar surface area (TPSA) is 37.3 Å². The lowest BCUT2D eigenvalue weighted by atomic mass is 9.82. The minimum atomic E-state index is -0.421. The second-order valence-electron chi connectivity index (χ2n) is 4.31. The molecule has 1 saturated carbocycles. The summed E-state index contributed by atoms with van der Waals surface area (Å²) < 4.78 is 0. The maximum absolute atomic E-state index is 11.5. The molecular weight excluding hydrogens is 212 g/mol. The van der Waals surface area contributed by atoms with E-state index in [1.807, 2.05) is 0 Å². The number of Topliss-reactive ketones (excluding diaryl/α,β-unsaturated/α-hetero) is 1. The summed E-state index contributed by atoms with van der Waals surface area (Å²) in [6.07, 6.45) is 4.36. The van der Waals surface area contributed by atoms with Crippen molar-refractivity contribution in [3.63, 3.8) is 0 Å². The lowest BCUT2D eigenvalue weighted by Gasteiger charge is -2.26. The SMILES string of the molecule is C=C(CCl)CCC[C@H]1C(=O)CCC[C@H]1O. The molecule has 1 fully saturated rings. The molecule has 1 aliphatic carbocycles. The van der Waals surface area contributed by atoms with Crippen LogP contribution in [0.5, 0.6) is 0 Å². The van der Waals surface area contributed by atoms with E-state index >= 15 is 0 Å². The minimum Gasteiger partial charge on any atom is -0.392 e. The first-order chi connectivity index (χ1) is 7.15. The molecule has 0 heterocycles. The fraction of sp³-hybridized carbons (Fsp3) is 0.750. The Balaban J connectivity index is 2.29. The molecule has 0 aromatic carbocycles. The second-order valence-corrected chi connectivity index (χ2v) is 4.58. The average molecular weight is 231 g/mol. The van der Waals surface area contributed by atoms with E-state index in [9.17, 15) is 9.90 Å². The second kappa shape index (κ2) is 6.29. The first-order valence-electron chi connectivity index (χ1n) is 5.58. The normalized spacial score (nSPS) is 26.7. The monoisotopic (exact) mass is 230 g/mol. The number of hydrogen-bond donors (Lipinski definition) is 1. The highest BCUT2D eigenvalue weighted by Crippen LogP contribution is 2.26. The third-order valence-electron chi connectivity index (χ3n) is 3.04. The maximum atomic E-state index is 11.5. The maximum Gasteiger partial charge on any atom is 0.138 e. The molecule has 0 bridgehead atoms. The van der Waals surface area contributed by atoms with Crippen molar-refractivity contribution in [3.05, 3.63) is 12.2 Å². The van der Waals surface area contributed by atoms with E-state index in [1.165, 1.54) is 0 Å². The van der Waals surface area contributed by atoms with E-state index in [0.717, 1.165) is 37.7 Å². The van der Waals surface area contributed by atoms with Gasteiger partial charge in [0.2, 0.25) is 0 Å². The Morgan fingerprint density at radius 2 is 2.33 bits per heavy atom. The number of carbonyl (C=O) groups is 1. The molecule has 0 aromatic heterocycles. The highest BCUT2D eigenvalue weighted by molar-refractivity contribution is 6.19. The van der Waals surface area contributed by atoms with Gasteiger partial charge >= 0.3 is 0 Å². The van der Waals surface area contributed by atoms with Gasteiger partial charge in [-0.15, -0.1) is 11.6 Å². The van der Waals surface area contributed by atoms with Crippen LogP contribution in [0.4, 0.5) is 0 Å². The van der Waals surface area contributed by atoms with Gasteiger partial charge in [0.1, 0.15) is 5.78 Å². The van der Waals surface area contributed by atoms with Crippen LogP contribution in [0.25, 0.3) is 0 Å². The lowest BCUT2D eigenvalue weighted by molar-refractivity contribution is -0.129. The van der Waals surface area contributed by atoms with Crippen LogP contribution in [-0.2, 0) is 4.79 Å². The van der Waals surface area contributed by atoms with Gasteiger partial charge < -0.3 is 5.11 Å². The Hall–Kier alpha value is -0.340. The van der Waals surface area contributed by atoms with Gasteiger partial charge in [-0.2, -0.15) is 0 Å². The summed E-state index contributed by atoms with van der Waals surface area (Å²) in [5.41, 5.74) is 1.01. The van der Waals surface area contributed by atoms with E-state index in [4.69, 9.17) is 11.6 Å². The number of rotatable bonds is 5. The molecule has 1 N–H and O–H groups in total. The molecule has 0 unspecified atom stereocenters. The lowest BCUT2D eigenvalue weighted by Crippen LogP contribution is -2.32. The standard InChI is InChI=1S/C12H19ClO2/c1-9(8-13)4-2-5-10-11(14)6-3-7-12(10)15/h10-11,14H,1-8H2/t10-,11-/m1/s1. The summed E-state index contributed by atoms with van der Waals surface area (Å²) in [6, 6.07) is 0. The zero-order valence-electron chi connectivity index (χ0n) is 9.04. The van der Waals surface area contributed by atoms with E-state index in [-0.39, 0.29) is 11.7 Å². The average Bonchev–Trinajstić information content (AvgIpc) is 2.22. The fourth-order valence-electron chi connectivity index (χ4n) is 2.08. The molecule has 0 radical (unpaired) electrons. The smallest absolute Gasteiger partial charge is 0.138 e. The predicted octanol–water partition coefficient (Wildman–Crippen LogP) is 2.68. The van der Waals surface area contributed by atoms with Crippen molar-refractivity contribution >= 4 is 17.4 Å². The van der Waals surface area contributed by atoms with Crippen LogP contribution in [0, 0.1) is 5.92 Å². The molecule has 1 rings (SSSR count). The molecule has 3 heteroatoms. The Morgan fingerprint density at radius 3 is 2.93 bits per heavy atom. The molecule has 0 aliphatic heterocycles. The molecule has 0 amide bonds. The first kappa shape index (κ1) is 12.7.